The molecule has 1 fully saturated rings. The molecule has 0 N–H and O–H groups in total. The molecule has 5 aromatic heterocycles. The van der Waals surface area contributed by atoms with Crippen LogP contribution in [0.3, 0.4) is 0 Å². The fraction of sp³-hybridized carbons (Fsp3) is 0.455. The molecule has 2 bridgehead atoms. The molecule has 5 aromatic carbocycles. The smallest absolute Gasteiger partial charge is 0.201 e. The normalized spacial score (nSPS) is 21.2. The topological polar surface area (TPSA) is 19.4 Å². The van der Waals surface area contributed by atoms with Gasteiger partial charge < -0.3 is 0 Å². The Bertz CT molecular complexity index is 4920. The number of rotatable bonds is 7. The Morgan fingerprint density at radius 1 is 0.368 bits per heavy atom. The standard InChI is InChI=1S/2C21H28N.2C20H26N.C18H20N.CH4/c2*1-14(2)17-11-10-16(4)20-13-22(5)21(12-19(17)20)18-9-7-6-8-15(18)3;1-14-9-7-8-10-15(14)18-11-16-17(12-21(18)6)20(4,5)13-19(16,2)3;1-14-9-7-8-10-15(14)18-17-16(11-12-21(18)6)19(2,3)13-20(17,4)5;1-12-5-3-4-6-15(12)18-17-14-8-7-13(11-14)16(17)9-10-19(18)2;/h2*6-9,12-14,16-17H,10-11H2,1-5H3;2*7-12H,13H2,1-6H3;3-6,9-10,13-14H,7-8,11H2,1-2H3;1H4/q5*+1;/i17D;;;;;. The number of benzene rings is 5. The molecular weight excluding hydrogens is 1280 g/mol. The van der Waals surface area contributed by atoms with E-state index in [0.29, 0.717) is 29.6 Å². The Morgan fingerprint density at radius 3 is 1.26 bits per heavy atom. The van der Waals surface area contributed by atoms with Crippen molar-refractivity contribution < 1.29 is 24.2 Å². The van der Waals surface area contributed by atoms with Gasteiger partial charge in [-0.15, -0.1) is 0 Å². The van der Waals surface area contributed by atoms with E-state index in [-0.39, 0.29) is 29.1 Å². The van der Waals surface area contributed by atoms with Crippen LogP contribution in [0.1, 0.15) is 282 Å². The predicted molar refractivity (Wildman–Crippen MR) is 447 cm³/mol. The van der Waals surface area contributed by atoms with Gasteiger partial charge in [-0.1, -0.05) is 195 Å². The summed E-state index contributed by atoms with van der Waals surface area (Å²) in [5.74, 6) is 4.14. The summed E-state index contributed by atoms with van der Waals surface area (Å²) in [6.07, 6.45) is 22.8. The predicted octanol–water partition coefficient (Wildman–Crippen LogP) is 23.6. The molecule has 6 aliphatic rings. The van der Waals surface area contributed by atoms with E-state index in [1.54, 1.807) is 22.3 Å². The van der Waals surface area contributed by atoms with E-state index in [4.69, 9.17) is 1.37 Å². The lowest BCUT2D eigenvalue weighted by Gasteiger charge is -2.31. The second kappa shape index (κ2) is 31.2. The van der Waals surface area contributed by atoms with E-state index in [1.165, 1.54) is 162 Å². The third-order valence-electron chi connectivity index (χ3n) is 25.7. The van der Waals surface area contributed by atoms with Crippen LogP contribution >= 0.6 is 0 Å². The molecule has 6 aliphatic carbocycles. The zero-order valence-electron chi connectivity index (χ0n) is 70.0. The Morgan fingerprint density at radius 2 is 0.764 bits per heavy atom. The highest BCUT2D eigenvalue weighted by molar-refractivity contribution is 5.71. The second-order valence-electron chi connectivity index (χ2n) is 36.2. The largest absolute Gasteiger partial charge is 0.216 e. The van der Waals surface area contributed by atoms with Gasteiger partial charge in [0, 0.05) is 87.3 Å². The van der Waals surface area contributed by atoms with E-state index >= 15 is 0 Å². The maximum Gasteiger partial charge on any atom is 0.216 e. The minimum atomic E-state index is -0.465. The first-order chi connectivity index (χ1) is 50.0. The quantitative estimate of drug-likeness (QED) is 0.142. The average molecular weight is 1420 g/mol. The molecule has 0 radical (unpaired) electrons. The molecule has 5 heteroatoms. The fourth-order valence-electron chi connectivity index (χ4n) is 20.4. The summed E-state index contributed by atoms with van der Waals surface area (Å²) in [7, 11) is 10.8. The first-order valence-electron chi connectivity index (χ1n) is 40.5. The summed E-state index contributed by atoms with van der Waals surface area (Å²) in [5.41, 5.74) is 36.3. The Labute approximate surface area is 643 Å². The Balaban J connectivity index is 0.000000133. The summed E-state index contributed by atoms with van der Waals surface area (Å²) in [6.45, 7) is 43.8. The highest BCUT2D eigenvalue weighted by Gasteiger charge is 2.48. The number of aromatic nitrogens is 5. The van der Waals surface area contributed by atoms with Gasteiger partial charge in [0.2, 0.25) is 28.5 Å². The lowest BCUT2D eigenvalue weighted by Crippen LogP contribution is -2.34. The van der Waals surface area contributed by atoms with Gasteiger partial charge in [-0.25, -0.2) is 22.8 Å². The van der Waals surface area contributed by atoms with Gasteiger partial charge in [-0.2, -0.15) is 0 Å². The van der Waals surface area contributed by atoms with Crippen molar-refractivity contribution in [3.05, 3.63) is 266 Å². The van der Waals surface area contributed by atoms with Crippen LogP contribution in [0, 0.1) is 46.5 Å². The molecule has 106 heavy (non-hydrogen) atoms. The monoisotopic (exact) mass is 1420 g/mol. The van der Waals surface area contributed by atoms with Crippen molar-refractivity contribution in [1.29, 1.82) is 0 Å². The molecular formula is C101H132N5+5. The molecule has 5 nitrogen and oxygen atoms in total. The SMILES string of the molecule is C.Cc1ccccc1-c1c2c(cc[n+]1C)C(C)(C)CC2(C)C.Cc1ccccc1-c1c2c(cc[n+]1C)C1CCC2C1.Cc1ccccc1-c1cc2c(c[n+]1C)C(C)(C)CC2(C)C.Cc1ccccc1-c1cc2c(c[n+]1C)C(C)CCC2C(C)C.[2H]C1(C(C)C)CCC(C)c2c[n+](C)c(-c3ccccc3C)cc21. The number of pyridine rings is 5. The van der Waals surface area contributed by atoms with Gasteiger partial charge in [0.25, 0.3) is 0 Å². The second-order valence-corrected chi connectivity index (χ2v) is 36.2. The molecule has 6 unspecified atom stereocenters. The summed E-state index contributed by atoms with van der Waals surface area (Å²) in [4.78, 5) is 0. The van der Waals surface area contributed by atoms with E-state index in [1.807, 2.05) is 0 Å². The van der Waals surface area contributed by atoms with E-state index in [2.05, 4.69) is 372 Å². The van der Waals surface area contributed by atoms with Crippen LogP contribution in [-0.2, 0) is 56.9 Å². The van der Waals surface area contributed by atoms with Crippen molar-refractivity contribution in [2.45, 2.75) is 254 Å². The van der Waals surface area contributed by atoms with Crippen LogP contribution < -0.4 is 22.8 Å². The number of aryl methyl sites for hydroxylation is 10. The molecule has 0 spiro atoms. The van der Waals surface area contributed by atoms with Gasteiger partial charge >= 0.3 is 0 Å². The number of hydrogen-bond acceptors (Lipinski definition) is 0. The van der Waals surface area contributed by atoms with Gasteiger partial charge in [0.15, 0.2) is 31.0 Å². The zero-order valence-corrected chi connectivity index (χ0v) is 69.0. The van der Waals surface area contributed by atoms with Crippen LogP contribution in [0.2, 0.25) is 0 Å². The third-order valence-corrected chi connectivity index (χ3v) is 25.7. The van der Waals surface area contributed by atoms with E-state index in [0.717, 1.165) is 24.7 Å². The molecule has 10 aromatic rings. The van der Waals surface area contributed by atoms with E-state index < -0.39 is 5.89 Å². The number of hydrogen-bond donors (Lipinski definition) is 0. The molecule has 0 amide bonds. The van der Waals surface area contributed by atoms with Crippen molar-refractivity contribution in [1.82, 2.24) is 0 Å². The molecule has 16 rings (SSSR count). The molecule has 5 heterocycles. The van der Waals surface area contributed by atoms with Crippen LogP contribution in [-0.4, -0.2) is 0 Å². The Hall–Kier alpha value is -8.15. The minimum Gasteiger partial charge on any atom is -0.201 e. The van der Waals surface area contributed by atoms with Crippen molar-refractivity contribution in [2.24, 2.45) is 47.1 Å². The van der Waals surface area contributed by atoms with Crippen LogP contribution in [0.25, 0.3) is 56.3 Å². The molecule has 556 valence electrons. The zero-order chi connectivity index (χ0) is 76.4. The average Bonchev–Trinajstić information content (AvgIpc) is 1.57. The summed E-state index contributed by atoms with van der Waals surface area (Å²) >= 11 is 0. The van der Waals surface area contributed by atoms with Gasteiger partial charge in [-0.3, -0.25) is 0 Å². The van der Waals surface area contributed by atoms with Gasteiger partial charge in [0.05, 0.1) is 0 Å². The van der Waals surface area contributed by atoms with Crippen LogP contribution in [0.15, 0.2) is 183 Å². The summed E-state index contributed by atoms with van der Waals surface area (Å²) in [6, 6.07) is 55.3. The van der Waals surface area contributed by atoms with Gasteiger partial charge in [0.1, 0.15) is 35.2 Å². The maximum absolute atomic E-state index is 9.12. The maximum atomic E-state index is 9.12. The van der Waals surface area contributed by atoms with Crippen molar-refractivity contribution in [3.63, 3.8) is 0 Å². The van der Waals surface area contributed by atoms with Crippen molar-refractivity contribution in [3.8, 4) is 56.3 Å². The first-order valence-corrected chi connectivity index (χ1v) is 40.0. The highest BCUT2D eigenvalue weighted by atomic mass is 15.0. The van der Waals surface area contributed by atoms with Crippen LogP contribution in [0.4, 0.5) is 0 Å². The molecule has 0 aliphatic heterocycles. The molecule has 1 saturated carbocycles. The molecule has 0 saturated heterocycles. The summed E-state index contributed by atoms with van der Waals surface area (Å²) < 4.78 is 20.6. The van der Waals surface area contributed by atoms with E-state index in [9.17, 15) is 0 Å². The Kier molecular flexibility index (Phi) is 22.8. The third kappa shape index (κ3) is 15.5. The first kappa shape index (κ1) is 77.5. The van der Waals surface area contributed by atoms with Crippen molar-refractivity contribution >= 4 is 0 Å². The lowest BCUT2D eigenvalue weighted by molar-refractivity contribution is -0.661. The number of fused-ring (bicyclic) bond motifs is 9. The van der Waals surface area contributed by atoms with Gasteiger partial charge in [-0.05, 0) is 247 Å². The number of nitrogens with zero attached hydrogens (tertiary/aromatic N) is 5. The summed E-state index contributed by atoms with van der Waals surface area (Å²) in [5, 5.41) is 0. The minimum absolute atomic E-state index is 0. The van der Waals surface area contributed by atoms with Crippen LogP contribution in [0.5, 0.6) is 0 Å². The highest BCUT2D eigenvalue weighted by Crippen LogP contribution is 2.56. The van der Waals surface area contributed by atoms with Crippen molar-refractivity contribution in [2.75, 3.05) is 0 Å². The lowest BCUT2D eigenvalue weighted by atomic mass is 9.73. The fourth-order valence-corrected chi connectivity index (χ4v) is 20.4. The molecule has 6 atom stereocenters.